The van der Waals surface area contributed by atoms with E-state index in [4.69, 9.17) is 0 Å². The van der Waals surface area contributed by atoms with Crippen molar-refractivity contribution in [1.82, 2.24) is 5.32 Å². The van der Waals surface area contributed by atoms with Gasteiger partial charge in [-0.1, -0.05) is 6.07 Å². The van der Waals surface area contributed by atoms with Gasteiger partial charge in [-0.25, -0.2) is 0 Å². The molecule has 0 spiro atoms. The highest BCUT2D eigenvalue weighted by Crippen LogP contribution is 2.33. The molecule has 1 aromatic rings. The van der Waals surface area contributed by atoms with E-state index in [1.165, 1.54) is 27.1 Å². The largest absolute Gasteiger partial charge is 0.358 e. The Morgan fingerprint density at radius 3 is 2.06 bits per heavy atom. The quantitative estimate of drug-likeness (QED) is 0.836. The second-order valence-corrected chi connectivity index (χ2v) is 5.81. The van der Waals surface area contributed by atoms with E-state index in [9.17, 15) is 4.79 Å². The summed E-state index contributed by atoms with van der Waals surface area (Å²) < 4.78 is 0. The van der Waals surface area contributed by atoms with Crippen molar-refractivity contribution >= 4 is 17.7 Å². The topological polar surface area (TPSA) is 29.1 Å². The molecule has 1 amide bonds. The molecule has 0 saturated carbocycles. The number of hydrogen-bond acceptors (Lipinski definition) is 2. The minimum atomic E-state index is -0.0569. The number of rotatable bonds is 3. The molecule has 0 saturated heterocycles. The van der Waals surface area contributed by atoms with Crippen molar-refractivity contribution in [2.75, 3.05) is 7.05 Å². The first-order valence-electron chi connectivity index (χ1n) is 5.84. The van der Waals surface area contributed by atoms with Gasteiger partial charge in [-0.3, -0.25) is 4.79 Å². The summed E-state index contributed by atoms with van der Waals surface area (Å²) in [5.74, 6) is 0.0768. The molecule has 3 heteroatoms. The summed E-state index contributed by atoms with van der Waals surface area (Å²) in [5, 5.41) is 2.64. The van der Waals surface area contributed by atoms with Crippen molar-refractivity contribution in [3.63, 3.8) is 0 Å². The predicted octanol–water partition coefficient (Wildman–Crippen LogP) is 3.15. The van der Waals surface area contributed by atoms with Gasteiger partial charge in [-0.15, -0.1) is 11.8 Å². The Morgan fingerprint density at radius 2 is 1.65 bits per heavy atom. The molecule has 1 N–H and O–H groups in total. The van der Waals surface area contributed by atoms with Crippen molar-refractivity contribution in [3.05, 3.63) is 28.3 Å². The Kier molecular flexibility index (Phi) is 4.63. The van der Waals surface area contributed by atoms with E-state index < -0.39 is 0 Å². The lowest BCUT2D eigenvalue weighted by Crippen LogP contribution is -2.27. The van der Waals surface area contributed by atoms with Gasteiger partial charge in [0, 0.05) is 11.9 Å². The summed E-state index contributed by atoms with van der Waals surface area (Å²) in [6, 6.07) is 2.21. The summed E-state index contributed by atoms with van der Waals surface area (Å²) in [4.78, 5) is 12.8. The van der Waals surface area contributed by atoms with Crippen molar-refractivity contribution < 1.29 is 4.79 Å². The molecule has 0 radical (unpaired) electrons. The average Bonchev–Trinajstić information content (AvgIpc) is 2.30. The van der Waals surface area contributed by atoms with E-state index in [0.29, 0.717) is 0 Å². The molecule has 1 unspecified atom stereocenters. The zero-order valence-corrected chi connectivity index (χ0v) is 12.3. The smallest absolute Gasteiger partial charge is 0.232 e. The molecule has 0 aliphatic carbocycles. The summed E-state index contributed by atoms with van der Waals surface area (Å²) in [6.07, 6.45) is 0. The van der Waals surface area contributed by atoms with Crippen LogP contribution in [0.15, 0.2) is 11.0 Å². The maximum absolute atomic E-state index is 11.6. The minimum absolute atomic E-state index is 0.0569. The number of thioether (sulfide) groups is 1. The molecule has 2 nitrogen and oxygen atoms in total. The number of carbonyl (C=O) groups excluding carboxylic acids is 1. The fourth-order valence-electron chi connectivity index (χ4n) is 1.79. The first kappa shape index (κ1) is 14.1. The second kappa shape index (κ2) is 5.58. The first-order chi connectivity index (χ1) is 7.88. The molecule has 94 valence electrons. The maximum atomic E-state index is 11.6. The number of amides is 1. The van der Waals surface area contributed by atoms with E-state index in [-0.39, 0.29) is 11.2 Å². The van der Waals surface area contributed by atoms with Crippen molar-refractivity contribution in [3.8, 4) is 0 Å². The van der Waals surface area contributed by atoms with Gasteiger partial charge >= 0.3 is 0 Å². The lowest BCUT2D eigenvalue weighted by Gasteiger charge is -2.17. The van der Waals surface area contributed by atoms with E-state index in [1.54, 1.807) is 18.8 Å². The predicted molar refractivity (Wildman–Crippen MR) is 74.8 cm³/mol. The summed E-state index contributed by atoms with van der Waals surface area (Å²) in [6.45, 7) is 10.4. The van der Waals surface area contributed by atoms with Gasteiger partial charge in [0.25, 0.3) is 0 Å². The van der Waals surface area contributed by atoms with Crippen LogP contribution >= 0.6 is 11.8 Å². The number of benzene rings is 1. The fraction of sp³-hybridized carbons (Fsp3) is 0.500. The maximum Gasteiger partial charge on any atom is 0.232 e. The Labute approximate surface area is 108 Å². The lowest BCUT2D eigenvalue weighted by atomic mass is 10.0. The van der Waals surface area contributed by atoms with Crippen LogP contribution in [0.1, 0.15) is 29.2 Å². The van der Waals surface area contributed by atoms with E-state index >= 15 is 0 Å². The van der Waals surface area contributed by atoms with Gasteiger partial charge in [-0.2, -0.15) is 0 Å². The number of carbonyl (C=O) groups is 1. The van der Waals surface area contributed by atoms with E-state index in [1.807, 2.05) is 6.92 Å². The molecule has 17 heavy (non-hydrogen) atoms. The number of aryl methyl sites for hydroxylation is 2. The lowest BCUT2D eigenvalue weighted by molar-refractivity contribution is -0.119. The number of nitrogens with one attached hydrogen (secondary N) is 1. The average molecular weight is 251 g/mol. The summed E-state index contributed by atoms with van der Waals surface area (Å²) in [5.41, 5.74) is 5.15. The highest BCUT2D eigenvalue weighted by Gasteiger charge is 2.16. The Hall–Kier alpha value is -0.960. The van der Waals surface area contributed by atoms with Gasteiger partial charge in [0.1, 0.15) is 0 Å². The molecule has 0 bridgehead atoms. The summed E-state index contributed by atoms with van der Waals surface area (Å²) in [7, 11) is 1.68. The van der Waals surface area contributed by atoms with Crippen molar-refractivity contribution in [2.45, 2.75) is 44.8 Å². The monoisotopic (exact) mass is 251 g/mol. The van der Waals surface area contributed by atoms with E-state index in [0.717, 1.165) is 0 Å². The number of hydrogen-bond donors (Lipinski definition) is 1. The van der Waals surface area contributed by atoms with Crippen molar-refractivity contribution in [1.29, 1.82) is 0 Å². The SMILES string of the molecule is CNC(=O)C(C)Sc1c(C)c(C)cc(C)c1C. The highest BCUT2D eigenvalue weighted by molar-refractivity contribution is 8.00. The van der Waals surface area contributed by atoms with Crippen LogP contribution in [0.5, 0.6) is 0 Å². The highest BCUT2D eigenvalue weighted by atomic mass is 32.2. The van der Waals surface area contributed by atoms with Crippen LogP contribution in [-0.4, -0.2) is 18.2 Å². The standard InChI is InChI=1S/C14H21NOS/c1-8-7-9(2)11(4)13(10(8)3)17-12(5)14(16)15-6/h7,12H,1-6H3,(H,15,16). The molecule has 1 aromatic carbocycles. The van der Waals surface area contributed by atoms with Gasteiger partial charge in [0.05, 0.1) is 5.25 Å². The van der Waals surface area contributed by atoms with E-state index in [2.05, 4.69) is 39.1 Å². The van der Waals surface area contributed by atoms with Crippen LogP contribution in [-0.2, 0) is 4.79 Å². The molecule has 0 aliphatic rings. The Morgan fingerprint density at radius 1 is 1.18 bits per heavy atom. The molecular formula is C14H21NOS. The zero-order valence-electron chi connectivity index (χ0n) is 11.5. The fourth-order valence-corrected chi connectivity index (χ4v) is 3.04. The second-order valence-electron chi connectivity index (χ2n) is 4.46. The van der Waals surface area contributed by atoms with Crippen LogP contribution in [0.25, 0.3) is 0 Å². The van der Waals surface area contributed by atoms with Crippen LogP contribution < -0.4 is 5.32 Å². The Balaban J connectivity index is 3.10. The zero-order chi connectivity index (χ0) is 13.2. The normalized spacial score (nSPS) is 12.4. The third-order valence-electron chi connectivity index (χ3n) is 3.21. The van der Waals surface area contributed by atoms with Crippen LogP contribution in [0.2, 0.25) is 0 Å². The third-order valence-corrected chi connectivity index (χ3v) is 4.62. The van der Waals surface area contributed by atoms with Gasteiger partial charge in [0.2, 0.25) is 5.91 Å². The molecule has 0 aliphatic heterocycles. The third kappa shape index (κ3) is 3.03. The van der Waals surface area contributed by atoms with Crippen LogP contribution in [0, 0.1) is 27.7 Å². The molecule has 0 fully saturated rings. The van der Waals surface area contributed by atoms with Crippen LogP contribution in [0.4, 0.5) is 0 Å². The van der Waals surface area contributed by atoms with Gasteiger partial charge < -0.3 is 5.32 Å². The first-order valence-corrected chi connectivity index (χ1v) is 6.72. The molecule has 1 rings (SSSR count). The van der Waals surface area contributed by atoms with Crippen LogP contribution in [0.3, 0.4) is 0 Å². The van der Waals surface area contributed by atoms with Crippen molar-refractivity contribution in [2.24, 2.45) is 0 Å². The summed E-state index contributed by atoms with van der Waals surface area (Å²) >= 11 is 1.65. The molecular weight excluding hydrogens is 230 g/mol. The van der Waals surface area contributed by atoms with Gasteiger partial charge in [0.15, 0.2) is 0 Å². The minimum Gasteiger partial charge on any atom is -0.358 e. The molecule has 0 heterocycles. The Bertz CT molecular complexity index is 414. The van der Waals surface area contributed by atoms with Gasteiger partial charge in [-0.05, 0) is 56.9 Å². The molecule has 1 atom stereocenters. The molecule has 0 aromatic heterocycles.